The number of aliphatic hydroxyl groups excluding tert-OH is 1. The molecule has 19 heavy (non-hydrogen) atoms. The summed E-state index contributed by atoms with van der Waals surface area (Å²) in [7, 11) is 0. The maximum atomic E-state index is 9.80. The summed E-state index contributed by atoms with van der Waals surface area (Å²) in [6.45, 7) is 3.27. The first kappa shape index (κ1) is 16.2. The van der Waals surface area contributed by atoms with Crippen molar-refractivity contribution in [1.82, 2.24) is 0 Å². The molecule has 0 aliphatic carbocycles. The lowest BCUT2D eigenvalue weighted by Gasteiger charge is -2.11. The third-order valence-corrected chi connectivity index (χ3v) is 3.31. The Morgan fingerprint density at radius 2 is 1.68 bits per heavy atom. The van der Waals surface area contributed by atoms with Crippen LogP contribution in [0.5, 0.6) is 0 Å². The van der Waals surface area contributed by atoms with E-state index in [0.717, 1.165) is 18.4 Å². The van der Waals surface area contributed by atoms with Crippen molar-refractivity contribution in [2.75, 3.05) is 6.61 Å². The van der Waals surface area contributed by atoms with E-state index in [4.69, 9.17) is 4.74 Å². The van der Waals surface area contributed by atoms with E-state index in [0.29, 0.717) is 13.2 Å². The molecule has 0 fully saturated rings. The molecule has 0 bridgehead atoms. The first-order chi connectivity index (χ1) is 9.33. The molecule has 0 amide bonds. The van der Waals surface area contributed by atoms with Gasteiger partial charge in [-0.15, -0.1) is 0 Å². The Balaban J connectivity index is 1.94. The third-order valence-electron chi connectivity index (χ3n) is 3.31. The lowest BCUT2D eigenvalue weighted by Crippen LogP contribution is -2.15. The highest BCUT2D eigenvalue weighted by atomic mass is 16.5. The van der Waals surface area contributed by atoms with Gasteiger partial charge in [-0.25, -0.2) is 0 Å². The maximum absolute atomic E-state index is 9.80. The molecule has 1 rings (SSSR count). The van der Waals surface area contributed by atoms with E-state index in [-0.39, 0.29) is 6.10 Å². The van der Waals surface area contributed by atoms with Gasteiger partial charge in [0.05, 0.1) is 19.3 Å². The summed E-state index contributed by atoms with van der Waals surface area (Å²) in [5, 5.41) is 9.80. The van der Waals surface area contributed by atoms with Crippen LogP contribution in [0.4, 0.5) is 0 Å². The minimum Gasteiger partial charge on any atom is -0.391 e. The lowest BCUT2D eigenvalue weighted by atomic mass is 10.1. The molecule has 1 atom stereocenters. The van der Waals surface area contributed by atoms with Crippen LogP contribution in [0.2, 0.25) is 0 Å². The van der Waals surface area contributed by atoms with Gasteiger partial charge in [-0.05, 0) is 12.0 Å². The van der Waals surface area contributed by atoms with Crippen molar-refractivity contribution in [3.05, 3.63) is 35.9 Å². The molecule has 1 aromatic rings. The molecular weight excluding hydrogens is 236 g/mol. The van der Waals surface area contributed by atoms with Crippen LogP contribution in [0.1, 0.15) is 57.4 Å². The maximum Gasteiger partial charge on any atom is 0.0773 e. The fraction of sp³-hybridized carbons (Fsp3) is 0.647. The second-order valence-corrected chi connectivity index (χ2v) is 5.21. The molecule has 0 heterocycles. The first-order valence-electron chi connectivity index (χ1n) is 7.62. The predicted octanol–water partition coefficient (Wildman–Crippen LogP) is 4.31. The monoisotopic (exact) mass is 264 g/mol. The number of rotatable bonds is 11. The summed E-state index contributed by atoms with van der Waals surface area (Å²) in [6, 6.07) is 10.1. The zero-order valence-electron chi connectivity index (χ0n) is 12.2. The smallest absolute Gasteiger partial charge is 0.0773 e. The van der Waals surface area contributed by atoms with E-state index < -0.39 is 0 Å². The molecule has 0 radical (unpaired) electrons. The molecule has 0 aliphatic heterocycles. The van der Waals surface area contributed by atoms with Gasteiger partial charge in [-0.2, -0.15) is 0 Å². The zero-order valence-corrected chi connectivity index (χ0v) is 12.2. The fourth-order valence-corrected chi connectivity index (χ4v) is 2.13. The summed E-state index contributed by atoms with van der Waals surface area (Å²) in [5.41, 5.74) is 1.16. The highest BCUT2D eigenvalue weighted by Gasteiger charge is 2.04. The molecule has 108 valence electrons. The molecule has 0 saturated heterocycles. The van der Waals surface area contributed by atoms with E-state index in [1.54, 1.807) is 0 Å². The summed E-state index contributed by atoms with van der Waals surface area (Å²) in [4.78, 5) is 0. The topological polar surface area (TPSA) is 29.5 Å². The average molecular weight is 264 g/mol. The Bertz CT molecular complexity index is 297. The van der Waals surface area contributed by atoms with Gasteiger partial charge in [0.15, 0.2) is 0 Å². The Labute approximate surface area is 117 Å². The van der Waals surface area contributed by atoms with Crippen LogP contribution in [-0.2, 0) is 11.3 Å². The number of aliphatic hydroxyl groups is 1. The standard InChI is InChI=1S/C17H28O2/c1-2-3-4-5-6-10-13-17(18)15-19-14-16-11-8-7-9-12-16/h7-9,11-12,17-18H,2-6,10,13-15H2,1H3. The van der Waals surface area contributed by atoms with Crippen molar-refractivity contribution in [3.8, 4) is 0 Å². The summed E-state index contributed by atoms with van der Waals surface area (Å²) >= 11 is 0. The van der Waals surface area contributed by atoms with Gasteiger partial charge in [-0.3, -0.25) is 0 Å². The van der Waals surface area contributed by atoms with Crippen LogP contribution < -0.4 is 0 Å². The summed E-state index contributed by atoms with van der Waals surface area (Å²) in [5.74, 6) is 0. The van der Waals surface area contributed by atoms with Gasteiger partial charge >= 0.3 is 0 Å². The molecule has 0 aromatic heterocycles. The molecule has 2 heteroatoms. The Kier molecular flexibility index (Phi) is 9.38. The quantitative estimate of drug-likeness (QED) is 0.603. The molecule has 0 spiro atoms. The number of unbranched alkanes of at least 4 members (excludes halogenated alkanes) is 5. The van der Waals surface area contributed by atoms with E-state index in [1.165, 1.54) is 32.1 Å². The van der Waals surface area contributed by atoms with Crippen molar-refractivity contribution >= 4 is 0 Å². The minimum absolute atomic E-state index is 0.310. The predicted molar refractivity (Wildman–Crippen MR) is 80.1 cm³/mol. The summed E-state index contributed by atoms with van der Waals surface area (Å²) in [6.07, 6.45) is 8.15. The van der Waals surface area contributed by atoms with Crippen molar-refractivity contribution < 1.29 is 9.84 Å². The van der Waals surface area contributed by atoms with E-state index in [9.17, 15) is 5.11 Å². The highest BCUT2D eigenvalue weighted by molar-refractivity contribution is 5.13. The Morgan fingerprint density at radius 3 is 2.42 bits per heavy atom. The SMILES string of the molecule is CCCCCCCCC(O)COCc1ccccc1. The second kappa shape index (κ2) is 11.0. The normalized spacial score (nSPS) is 12.5. The van der Waals surface area contributed by atoms with Crippen LogP contribution in [0, 0.1) is 0 Å². The average Bonchev–Trinajstić information content (AvgIpc) is 2.44. The van der Waals surface area contributed by atoms with Crippen LogP contribution in [-0.4, -0.2) is 17.8 Å². The van der Waals surface area contributed by atoms with Crippen LogP contribution in [0.15, 0.2) is 30.3 Å². The van der Waals surface area contributed by atoms with E-state index in [1.807, 2.05) is 30.3 Å². The van der Waals surface area contributed by atoms with Gasteiger partial charge < -0.3 is 9.84 Å². The molecule has 1 unspecified atom stereocenters. The van der Waals surface area contributed by atoms with Crippen molar-refractivity contribution in [3.63, 3.8) is 0 Å². The second-order valence-electron chi connectivity index (χ2n) is 5.21. The lowest BCUT2D eigenvalue weighted by molar-refractivity contribution is 0.0233. The number of hydrogen-bond donors (Lipinski definition) is 1. The Hall–Kier alpha value is -0.860. The molecular formula is C17H28O2. The molecule has 1 aromatic carbocycles. The fourth-order valence-electron chi connectivity index (χ4n) is 2.13. The van der Waals surface area contributed by atoms with Crippen LogP contribution >= 0.6 is 0 Å². The number of benzene rings is 1. The van der Waals surface area contributed by atoms with Crippen molar-refractivity contribution in [2.24, 2.45) is 0 Å². The summed E-state index contributed by atoms with van der Waals surface area (Å²) < 4.78 is 5.53. The van der Waals surface area contributed by atoms with Gasteiger partial charge in [0.1, 0.15) is 0 Å². The highest BCUT2D eigenvalue weighted by Crippen LogP contribution is 2.09. The van der Waals surface area contributed by atoms with Gasteiger partial charge in [0, 0.05) is 0 Å². The first-order valence-corrected chi connectivity index (χ1v) is 7.62. The zero-order chi connectivity index (χ0) is 13.8. The third kappa shape index (κ3) is 8.79. The Morgan fingerprint density at radius 1 is 1.00 bits per heavy atom. The van der Waals surface area contributed by atoms with Crippen LogP contribution in [0.3, 0.4) is 0 Å². The largest absolute Gasteiger partial charge is 0.391 e. The van der Waals surface area contributed by atoms with Gasteiger partial charge in [0.2, 0.25) is 0 Å². The number of ether oxygens (including phenoxy) is 1. The minimum atomic E-state index is -0.310. The van der Waals surface area contributed by atoms with E-state index in [2.05, 4.69) is 6.92 Å². The molecule has 0 saturated carbocycles. The number of hydrogen-bond acceptors (Lipinski definition) is 2. The van der Waals surface area contributed by atoms with E-state index >= 15 is 0 Å². The molecule has 2 nitrogen and oxygen atoms in total. The molecule has 0 aliphatic rings. The van der Waals surface area contributed by atoms with Crippen molar-refractivity contribution in [1.29, 1.82) is 0 Å². The van der Waals surface area contributed by atoms with Gasteiger partial charge in [0.25, 0.3) is 0 Å². The van der Waals surface area contributed by atoms with Crippen LogP contribution in [0.25, 0.3) is 0 Å². The van der Waals surface area contributed by atoms with Gasteiger partial charge in [-0.1, -0.05) is 75.8 Å². The van der Waals surface area contributed by atoms with Crippen molar-refractivity contribution in [2.45, 2.75) is 64.6 Å². The molecule has 1 N–H and O–H groups in total.